The Morgan fingerprint density at radius 1 is 0.769 bits per heavy atom. The topological polar surface area (TPSA) is 0 Å². The molecule has 0 aliphatic carbocycles. The van der Waals surface area contributed by atoms with Crippen LogP contribution in [0.4, 0.5) is 0 Å². The molecule has 0 saturated carbocycles. The Balaban J connectivity index is 2.32. The van der Waals surface area contributed by atoms with Crippen LogP contribution in [-0.2, 0) is 0 Å². The van der Waals surface area contributed by atoms with E-state index in [1.165, 1.54) is 0 Å². The first-order valence-electron chi connectivity index (χ1n) is 5.43. The second-order valence-corrected chi connectivity index (χ2v) is 2.99. The summed E-state index contributed by atoms with van der Waals surface area (Å²) in [5.74, 6) is 0. The van der Waals surface area contributed by atoms with Crippen LogP contribution in [0.25, 0.3) is 11.1 Å². The van der Waals surface area contributed by atoms with Gasteiger partial charge in [-0.1, -0.05) is 60.2 Å². The molecule has 0 N–H and O–H groups in total. The molecular formula is C13H12. The van der Waals surface area contributed by atoms with E-state index in [1.807, 2.05) is 54.6 Å². The molecule has 0 heterocycles. The van der Waals surface area contributed by atoms with Crippen LogP contribution >= 0.6 is 0 Å². The normalized spacial score (nSPS) is 12.4. The van der Waals surface area contributed by atoms with E-state index in [9.17, 15) is 0 Å². The van der Waals surface area contributed by atoms with Crippen molar-refractivity contribution in [3.8, 4) is 11.1 Å². The van der Waals surface area contributed by atoms with E-state index in [0.29, 0.717) is 0 Å². The van der Waals surface area contributed by atoms with Crippen molar-refractivity contribution < 1.29 is 2.74 Å². The lowest BCUT2D eigenvalue weighted by atomic mass is 10.0. The van der Waals surface area contributed by atoms with Crippen molar-refractivity contribution >= 4 is 0 Å². The third-order valence-corrected chi connectivity index (χ3v) is 2.02. The first-order valence-corrected chi connectivity index (χ1v) is 4.27. The molecule has 13 heavy (non-hydrogen) atoms. The second-order valence-electron chi connectivity index (χ2n) is 2.99. The quantitative estimate of drug-likeness (QED) is 0.612. The first kappa shape index (κ1) is 5.98. The van der Waals surface area contributed by atoms with E-state index < -0.39 is 6.88 Å². The molecule has 0 unspecified atom stereocenters. The molecule has 0 spiro atoms. The van der Waals surface area contributed by atoms with Crippen LogP contribution < -0.4 is 0 Å². The van der Waals surface area contributed by atoms with Gasteiger partial charge in [-0.2, -0.15) is 0 Å². The van der Waals surface area contributed by atoms with Crippen LogP contribution in [0.2, 0.25) is 0 Å². The van der Waals surface area contributed by atoms with Crippen molar-refractivity contribution in [1.29, 1.82) is 0 Å². The average Bonchev–Trinajstić information content (AvgIpc) is 2.30. The summed E-state index contributed by atoms with van der Waals surface area (Å²) in [6.45, 7) is -0.894. The maximum atomic E-state index is 7.26. The number of hydrogen-bond donors (Lipinski definition) is 0. The van der Waals surface area contributed by atoms with Gasteiger partial charge in [0.15, 0.2) is 0 Å². The highest BCUT2D eigenvalue weighted by Gasteiger charge is 1.93. The molecule has 2 aromatic rings. The maximum absolute atomic E-state index is 7.26. The molecule has 0 amide bonds. The van der Waals surface area contributed by atoms with Crippen LogP contribution in [-0.4, -0.2) is 0 Å². The minimum atomic E-state index is -0.894. The zero-order chi connectivity index (χ0) is 10.7. The predicted octanol–water partition coefficient (Wildman–Crippen LogP) is 3.66. The highest BCUT2D eigenvalue weighted by molar-refractivity contribution is 5.63. The Morgan fingerprint density at radius 3 is 2.00 bits per heavy atom. The molecule has 2 aromatic carbocycles. The largest absolute Gasteiger partial charge is 0.0622 e. The van der Waals surface area contributed by atoms with Gasteiger partial charge in [-0.15, -0.1) is 0 Å². The van der Waals surface area contributed by atoms with Crippen LogP contribution in [0.1, 0.15) is 8.30 Å². The Bertz CT molecular complexity index is 418. The lowest BCUT2D eigenvalue weighted by Gasteiger charge is -2.00. The summed E-state index contributed by atoms with van der Waals surface area (Å²) in [5.41, 5.74) is 3.02. The smallest absolute Gasteiger partial charge is 0.0280 e. The lowest BCUT2D eigenvalue weighted by molar-refractivity contribution is 1.47. The van der Waals surface area contributed by atoms with Crippen molar-refractivity contribution in [1.82, 2.24) is 0 Å². The third kappa shape index (κ3) is 1.78. The van der Waals surface area contributed by atoms with Crippen molar-refractivity contribution in [2.45, 2.75) is 6.88 Å². The Labute approximate surface area is 81.7 Å². The molecule has 0 fully saturated rings. The number of aryl methyl sites for hydroxylation is 1. The van der Waals surface area contributed by atoms with Gasteiger partial charge in [0, 0.05) is 2.74 Å². The van der Waals surface area contributed by atoms with E-state index in [2.05, 4.69) is 0 Å². The van der Waals surface area contributed by atoms with Crippen LogP contribution in [0.15, 0.2) is 54.6 Å². The van der Waals surface area contributed by atoms with Gasteiger partial charge >= 0.3 is 0 Å². The van der Waals surface area contributed by atoms with Gasteiger partial charge in [0.2, 0.25) is 0 Å². The molecule has 0 atom stereocenters. The summed E-state index contributed by atoms with van der Waals surface area (Å²) >= 11 is 0. The molecule has 0 aliphatic rings. The summed E-state index contributed by atoms with van der Waals surface area (Å²) in [7, 11) is 0. The molecule has 0 nitrogen and oxygen atoms in total. The lowest BCUT2D eigenvalue weighted by Crippen LogP contribution is -1.76. The summed E-state index contributed by atoms with van der Waals surface area (Å²) in [6, 6.07) is 17.7. The van der Waals surface area contributed by atoms with Crippen LogP contribution in [0.5, 0.6) is 0 Å². The highest BCUT2D eigenvalue weighted by Crippen LogP contribution is 2.18. The molecule has 0 radical (unpaired) electrons. The zero-order valence-corrected chi connectivity index (χ0v) is 7.27. The number of hydrogen-bond acceptors (Lipinski definition) is 0. The molecule has 64 valence electrons. The van der Waals surface area contributed by atoms with Gasteiger partial charge in [0.1, 0.15) is 0 Å². The van der Waals surface area contributed by atoms with Gasteiger partial charge in [-0.3, -0.25) is 0 Å². The summed E-state index contributed by atoms with van der Waals surface area (Å²) in [5, 5.41) is 0. The molecule has 2 rings (SSSR count). The first-order chi connectivity index (χ1) is 7.27. The van der Waals surface area contributed by atoms with Crippen molar-refractivity contribution in [2.75, 3.05) is 0 Å². The fraction of sp³-hybridized carbons (Fsp3) is 0.0769. The fourth-order valence-electron chi connectivity index (χ4n) is 1.31. The molecule has 0 aliphatic heterocycles. The van der Waals surface area contributed by atoms with Gasteiger partial charge in [-0.05, 0) is 18.0 Å². The Kier molecular flexibility index (Phi) is 1.58. The molecule has 0 saturated heterocycles. The monoisotopic (exact) mass is 170 g/mol. The SMILES string of the molecule is [2H]C([2H])c1ccc(-c2ccccc2)cc1. The average molecular weight is 170 g/mol. The zero-order valence-electron chi connectivity index (χ0n) is 9.27. The third-order valence-electron chi connectivity index (χ3n) is 2.02. The number of rotatable bonds is 1. The van der Waals surface area contributed by atoms with E-state index >= 15 is 0 Å². The fourth-order valence-corrected chi connectivity index (χ4v) is 1.31. The Morgan fingerprint density at radius 2 is 1.38 bits per heavy atom. The molecular weight excluding hydrogens is 156 g/mol. The second kappa shape index (κ2) is 3.44. The van der Waals surface area contributed by atoms with Crippen LogP contribution in [0, 0.1) is 6.88 Å². The van der Waals surface area contributed by atoms with E-state index in [4.69, 9.17) is 2.74 Å². The van der Waals surface area contributed by atoms with Crippen LogP contribution in [0.3, 0.4) is 0 Å². The van der Waals surface area contributed by atoms with Gasteiger partial charge in [0.05, 0.1) is 0 Å². The standard InChI is InChI=1S/C13H12/c1-11-7-9-13(10-8-11)12-5-3-2-4-6-12/h2-10H,1H3/i1D2. The Hall–Kier alpha value is -1.56. The molecule has 0 heteroatoms. The summed E-state index contributed by atoms with van der Waals surface area (Å²) in [6.07, 6.45) is 0. The van der Waals surface area contributed by atoms with E-state index in [1.54, 1.807) is 0 Å². The molecule has 0 bridgehead atoms. The van der Waals surface area contributed by atoms with Gasteiger partial charge in [-0.25, -0.2) is 0 Å². The predicted molar refractivity (Wildman–Crippen MR) is 56.6 cm³/mol. The summed E-state index contributed by atoms with van der Waals surface area (Å²) < 4.78 is 14.5. The summed E-state index contributed by atoms with van der Waals surface area (Å²) in [4.78, 5) is 0. The van der Waals surface area contributed by atoms with E-state index in [-0.39, 0.29) is 0 Å². The van der Waals surface area contributed by atoms with Crippen molar-refractivity contribution in [2.24, 2.45) is 0 Å². The number of benzene rings is 2. The minimum absolute atomic E-state index is 0.731. The van der Waals surface area contributed by atoms with Crippen molar-refractivity contribution in [3.63, 3.8) is 0 Å². The minimum Gasteiger partial charge on any atom is -0.0622 e. The van der Waals surface area contributed by atoms with Gasteiger partial charge in [0.25, 0.3) is 0 Å². The maximum Gasteiger partial charge on any atom is 0.0280 e. The van der Waals surface area contributed by atoms with Gasteiger partial charge < -0.3 is 0 Å². The molecule has 0 aromatic heterocycles. The van der Waals surface area contributed by atoms with Crippen molar-refractivity contribution in [3.05, 3.63) is 60.2 Å². The highest BCUT2D eigenvalue weighted by atomic mass is 14.0. The van der Waals surface area contributed by atoms with E-state index in [0.717, 1.165) is 16.7 Å².